The van der Waals surface area contributed by atoms with Crippen molar-refractivity contribution in [2.75, 3.05) is 0 Å². The summed E-state index contributed by atoms with van der Waals surface area (Å²) in [6.45, 7) is 5.36. The molecule has 0 aromatic heterocycles. The maximum atomic E-state index is 12.2. The zero-order valence-electron chi connectivity index (χ0n) is 13.7. The number of esters is 1. The summed E-state index contributed by atoms with van der Waals surface area (Å²) in [5.41, 5.74) is 0.188. The second-order valence-electron chi connectivity index (χ2n) is 6.55. The summed E-state index contributed by atoms with van der Waals surface area (Å²) in [7, 11) is 0. The number of rotatable bonds is 3. The minimum atomic E-state index is -1.03. The number of aliphatic hydroxyl groups is 1. The van der Waals surface area contributed by atoms with Crippen molar-refractivity contribution >= 4 is 12.1 Å². The smallest absolute Gasteiger partial charge is 0.412 e. The van der Waals surface area contributed by atoms with E-state index in [1.807, 2.05) is 30.3 Å². The molecule has 0 aliphatic carbocycles. The summed E-state index contributed by atoms with van der Waals surface area (Å²) >= 11 is 0. The van der Waals surface area contributed by atoms with Gasteiger partial charge in [0.15, 0.2) is 0 Å². The molecule has 1 saturated heterocycles. The molecule has 1 aliphatic heterocycles. The van der Waals surface area contributed by atoms with Crippen molar-refractivity contribution in [3.8, 4) is 0 Å². The lowest BCUT2D eigenvalue weighted by molar-refractivity contribution is -0.161. The van der Waals surface area contributed by atoms with Crippen molar-refractivity contribution in [1.82, 2.24) is 4.90 Å². The van der Waals surface area contributed by atoms with Crippen LogP contribution >= 0.6 is 0 Å². The minimum absolute atomic E-state index is 0.0872. The number of hydrogen-bond acceptors (Lipinski definition) is 5. The number of nitrogens with zero attached hydrogens (tertiary/aromatic N) is 1. The molecule has 6 nitrogen and oxygen atoms in total. The zero-order chi connectivity index (χ0) is 17.0. The van der Waals surface area contributed by atoms with Gasteiger partial charge < -0.3 is 14.6 Å². The van der Waals surface area contributed by atoms with Crippen LogP contribution in [-0.2, 0) is 20.9 Å². The van der Waals surface area contributed by atoms with Crippen LogP contribution in [-0.4, -0.2) is 39.9 Å². The Morgan fingerprint density at radius 1 is 1.22 bits per heavy atom. The summed E-state index contributed by atoms with van der Waals surface area (Å²) in [6, 6.07) is 8.41. The van der Waals surface area contributed by atoms with Gasteiger partial charge in [-0.05, 0) is 39.2 Å². The van der Waals surface area contributed by atoms with Crippen molar-refractivity contribution in [3.63, 3.8) is 0 Å². The first kappa shape index (κ1) is 17.3. The zero-order valence-corrected chi connectivity index (χ0v) is 13.7. The van der Waals surface area contributed by atoms with Crippen molar-refractivity contribution in [3.05, 3.63) is 35.9 Å². The lowest BCUT2D eigenvalue weighted by Crippen LogP contribution is -2.47. The number of hydrogen-bond donors (Lipinski definition) is 1. The first-order valence-electron chi connectivity index (χ1n) is 7.68. The van der Waals surface area contributed by atoms with Crippen LogP contribution in [0.5, 0.6) is 0 Å². The van der Waals surface area contributed by atoms with Gasteiger partial charge >= 0.3 is 12.1 Å². The number of aliphatic hydroxyl groups excluding tert-OH is 1. The molecule has 1 aromatic carbocycles. The van der Waals surface area contributed by atoms with E-state index < -0.39 is 29.9 Å². The fraction of sp³-hybridized carbons (Fsp3) is 0.529. The second-order valence-corrected chi connectivity index (χ2v) is 6.55. The quantitative estimate of drug-likeness (QED) is 0.865. The van der Waals surface area contributed by atoms with Crippen LogP contribution in [0.3, 0.4) is 0 Å². The van der Waals surface area contributed by atoms with E-state index in [-0.39, 0.29) is 6.61 Å². The third kappa shape index (κ3) is 4.69. The third-order valence-electron chi connectivity index (χ3n) is 3.45. The highest BCUT2D eigenvalue weighted by Crippen LogP contribution is 2.26. The summed E-state index contributed by atoms with van der Waals surface area (Å²) in [6.07, 6.45) is -1.06. The Hall–Kier alpha value is -2.08. The third-order valence-corrected chi connectivity index (χ3v) is 3.45. The molecule has 23 heavy (non-hydrogen) atoms. The molecule has 0 saturated carbocycles. The van der Waals surface area contributed by atoms with E-state index >= 15 is 0 Å². The molecule has 1 heterocycles. The van der Waals surface area contributed by atoms with E-state index in [4.69, 9.17) is 9.47 Å². The molecular weight excluding hydrogens is 298 g/mol. The normalized spacial score (nSPS) is 21.1. The average molecular weight is 321 g/mol. The largest absolute Gasteiger partial charge is 0.458 e. The molecule has 0 bridgehead atoms. The van der Waals surface area contributed by atoms with Gasteiger partial charge in [0, 0.05) is 0 Å². The van der Waals surface area contributed by atoms with E-state index in [1.165, 1.54) is 0 Å². The van der Waals surface area contributed by atoms with E-state index in [0.29, 0.717) is 12.8 Å². The van der Waals surface area contributed by atoms with Gasteiger partial charge in [-0.25, -0.2) is 9.59 Å². The summed E-state index contributed by atoms with van der Waals surface area (Å²) < 4.78 is 10.5. The first-order chi connectivity index (χ1) is 10.8. The highest BCUT2D eigenvalue weighted by atomic mass is 16.6. The van der Waals surface area contributed by atoms with Crippen molar-refractivity contribution in [1.29, 1.82) is 0 Å². The topological polar surface area (TPSA) is 76.1 Å². The van der Waals surface area contributed by atoms with Gasteiger partial charge in [-0.15, -0.1) is 0 Å². The van der Waals surface area contributed by atoms with Crippen LogP contribution in [0.1, 0.15) is 39.2 Å². The summed E-state index contributed by atoms with van der Waals surface area (Å²) in [4.78, 5) is 25.5. The number of carbonyl (C=O) groups is 2. The Morgan fingerprint density at radius 3 is 2.48 bits per heavy atom. The lowest BCUT2D eigenvalue weighted by atomic mass is 10.1. The van der Waals surface area contributed by atoms with Gasteiger partial charge in [-0.1, -0.05) is 30.3 Å². The summed E-state index contributed by atoms with van der Waals surface area (Å²) in [5.74, 6) is -0.522. The fourth-order valence-electron chi connectivity index (χ4n) is 2.44. The van der Waals surface area contributed by atoms with E-state index in [1.54, 1.807) is 20.8 Å². The predicted molar refractivity (Wildman–Crippen MR) is 83.3 cm³/mol. The monoisotopic (exact) mass is 321 g/mol. The Kier molecular flexibility index (Phi) is 5.26. The molecule has 0 unspecified atom stereocenters. The van der Waals surface area contributed by atoms with Crippen LogP contribution in [0.15, 0.2) is 30.3 Å². The molecular formula is C17H23NO5. The highest BCUT2D eigenvalue weighted by Gasteiger charge is 2.43. The number of likely N-dealkylation sites (tertiary alicyclic amines) is 1. The molecule has 0 radical (unpaired) electrons. The highest BCUT2D eigenvalue weighted by molar-refractivity contribution is 5.82. The predicted octanol–water partition coefficient (Wildman–Crippen LogP) is 2.45. The van der Waals surface area contributed by atoms with E-state index in [0.717, 1.165) is 10.5 Å². The van der Waals surface area contributed by atoms with Gasteiger partial charge in [-0.3, -0.25) is 4.90 Å². The molecule has 2 rings (SSSR count). The van der Waals surface area contributed by atoms with Crippen LogP contribution in [0.4, 0.5) is 4.79 Å². The van der Waals surface area contributed by atoms with Gasteiger partial charge in [0.25, 0.3) is 0 Å². The van der Waals surface area contributed by atoms with Crippen LogP contribution in [0, 0.1) is 0 Å². The fourth-order valence-corrected chi connectivity index (χ4v) is 2.44. The van der Waals surface area contributed by atoms with Gasteiger partial charge in [0.1, 0.15) is 24.5 Å². The van der Waals surface area contributed by atoms with Gasteiger partial charge in [0.05, 0.1) is 0 Å². The second kappa shape index (κ2) is 7.00. The molecule has 0 spiro atoms. The van der Waals surface area contributed by atoms with Crippen LogP contribution in [0.2, 0.25) is 0 Å². The van der Waals surface area contributed by atoms with Crippen LogP contribution in [0.25, 0.3) is 0 Å². The van der Waals surface area contributed by atoms with Crippen molar-refractivity contribution in [2.24, 2.45) is 0 Å². The molecule has 6 heteroatoms. The van der Waals surface area contributed by atoms with E-state index in [2.05, 4.69) is 0 Å². The number of amides is 1. The first-order valence-corrected chi connectivity index (χ1v) is 7.68. The molecule has 1 fully saturated rings. The summed E-state index contributed by atoms with van der Waals surface area (Å²) in [5, 5.41) is 9.99. The number of ether oxygens (including phenoxy) is 2. The molecule has 1 aliphatic rings. The molecule has 1 N–H and O–H groups in total. The van der Waals surface area contributed by atoms with E-state index in [9.17, 15) is 14.7 Å². The van der Waals surface area contributed by atoms with Gasteiger partial charge in [-0.2, -0.15) is 0 Å². The Bertz CT molecular complexity index is 552. The molecule has 1 aromatic rings. The maximum absolute atomic E-state index is 12.2. The lowest BCUT2D eigenvalue weighted by Gasteiger charge is -2.28. The Balaban J connectivity index is 1.99. The molecule has 2 atom stereocenters. The number of carbonyl (C=O) groups excluding carboxylic acids is 2. The Morgan fingerprint density at radius 2 is 1.87 bits per heavy atom. The van der Waals surface area contributed by atoms with Crippen molar-refractivity contribution in [2.45, 2.75) is 58.1 Å². The molecule has 126 valence electrons. The minimum Gasteiger partial charge on any atom is -0.458 e. The SMILES string of the molecule is CC(C)(C)OC(=O)[C@@H]1CC[C@H](O)N1C(=O)OCc1ccccc1. The maximum Gasteiger partial charge on any atom is 0.412 e. The standard InChI is InChI=1S/C17H23NO5/c1-17(2,3)23-15(20)13-9-10-14(19)18(13)16(21)22-11-12-7-5-4-6-8-12/h4-8,13-14,19H,9-11H2,1-3H3/t13-,14-/m0/s1. The molecule has 1 amide bonds. The Labute approximate surface area is 136 Å². The number of benzene rings is 1. The van der Waals surface area contributed by atoms with Crippen molar-refractivity contribution < 1.29 is 24.2 Å². The van der Waals surface area contributed by atoms with Gasteiger partial charge in [0.2, 0.25) is 0 Å². The average Bonchev–Trinajstić information content (AvgIpc) is 2.86. The van der Waals surface area contributed by atoms with Crippen LogP contribution < -0.4 is 0 Å².